The number of fused-ring (bicyclic) bond motifs is 10. The monoisotopic (exact) mass is 678 g/mol. The first-order valence-corrected chi connectivity index (χ1v) is 19.8. The standard InChI is InChI=1S/C52H38O/c1-2-11-36-32(10-1)20-22-42-45-29-33(21-23-46(45)52(50(36)42)34-25-30-24-31(27-34)28-35(52)26-30)48-38-13-3-5-15-40(38)49(41-16-6-4-14-39(41)48)44-18-9-17-43-37-12-7-8-19-47(37)53-51(43)44/h1-23,29-31,34-35H,24-28H2. The lowest BCUT2D eigenvalue weighted by Gasteiger charge is -2.61. The van der Waals surface area contributed by atoms with Gasteiger partial charge >= 0.3 is 0 Å². The van der Waals surface area contributed by atoms with Crippen LogP contribution in [0.3, 0.4) is 0 Å². The van der Waals surface area contributed by atoms with Crippen LogP contribution in [0.1, 0.15) is 43.2 Å². The number of hydrogen-bond donors (Lipinski definition) is 0. The summed E-state index contributed by atoms with van der Waals surface area (Å²) >= 11 is 0. The fourth-order valence-corrected chi connectivity index (χ4v) is 12.8. The van der Waals surface area contributed by atoms with E-state index in [-0.39, 0.29) is 5.41 Å². The molecule has 0 atom stereocenters. The van der Waals surface area contributed by atoms with Crippen molar-refractivity contribution in [2.24, 2.45) is 23.7 Å². The topological polar surface area (TPSA) is 13.1 Å². The maximum Gasteiger partial charge on any atom is 0.143 e. The summed E-state index contributed by atoms with van der Waals surface area (Å²) in [6, 6.07) is 55.0. The van der Waals surface area contributed by atoms with E-state index in [4.69, 9.17) is 4.42 Å². The summed E-state index contributed by atoms with van der Waals surface area (Å²) in [5, 5.41) is 10.3. The Bertz CT molecular complexity index is 2940. The first-order chi connectivity index (χ1) is 26.3. The van der Waals surface area contributed by atoms with Crippen LogP contribution in [-0.4, -0.2) is 0 Å². The number of rotatable bonds is 2. The van der Waals surface area contributed by atoms with E-state index < -0.39 is 0 Å². The average Bonchev–Trinajstić information content (AvgIpc) is 3.73. The minimum Gasteiger partial charge on any atom is -0.455 e. The van der Waals surface area contributed by atoms with Crippen molar-refractivity contribution in [1.82, 2.24) is 0 Å². The first kappa shape index (κ1) is 28.9. The molecule has 1 spiro atoms. The lowest BCUT2D eigenvalue weighted by atomic mass is 9.43. The Morgan fingerprint density at radius 2 is 1.04 bits per heavy atom. The summed E-state index contributed by atoms with van der Waals surface area (Å²) in [7, 11) is 0. The van der Waals surface area contributed by atoms with Crippen LogP contribution >= 0.6 is 0 Å². The van der Waals surface area contributed by atoms with E-state index in [0.29, 0.717) is 0 Å². The van der Waals surface area contributed by atoms with Crippen molar-refractivity contribution in [1.29, 1.82) is 0 Å². The highest BCUT2D eigenvalue weighted by atomic mass is 16.3. The van der Waals surface area contributed by atoms with Crippen LogP contribution < -0.4 is 0 Å². The molecule has 53 heavy (non-hydrogen) atoms. The Hall–Kier alpha value is -5.66. The molecule has 0 N–H and O–H groups in total. The molecular formula is C52H38O. The molecule has 1 heteroatoms. The second-order valence-corrected chi connectivity index (χ2v) is 16.8. The SMILES string of the molecule is c1ccc2c3c(ccc2c1)-c1cc(-c2c4ccccc4c(-c4cccc5c4oc4ccccc45)c4ccccc24)ccc1C31C2CC3CC(C2)CC1C3. The van der Waals surface area contributed by atoms with E-state index in [1.807, 2.05) is 0 Å². The van der Waals surface area contributed by atoms with Gasteiger partial charge in [-0.15, -0.1) is 0 Å². The molecule has 1 nitrogen and oxygen atoms in total. The van der Waals surface area contributed by atoms with Crippen LogP contribution in [0.4, 0.5) is 0 Å². The van der Waals surface area contributed by atoms with Crippen LogP contribution in [0, 0.1) is 23.7 Å². The second-order valence-electron chi connectivity index (χ2n) is 16.8. The Morgan fingerprint density at radius 3 is 1.75 bits per heavy atom. The summed E-state index contributed by atoms with van der Waals surface area (Å²) in [6.45, 7) is 0. The molecule has 252 valence electrons. The van der Waals surface area contributed by atoms with Gasteiger partial charge in [0, 0.05) is 27.3 Å². The predicted molar refractivity (Wildman–Crippen MR) is 220 cm³/mol. The largest absolute Gasteiger partial charge is 0.455 e. The maximum absolute atomic E-state index is 6.66. The van der Waals surface area contributed by atoms with Crippen molar-refractivity contribution in [2.45, 2.75) is 37.5 Å². The van der Waals surface area contributed by atoms with Gasteiger partial charge in [-0.2, -0.15) is 0 Å². The third kappa shape index (κ3) is 3.63. The van der Waals surface area contributed by atoms with Gasteiger partial charge in [0.15, 0.2) is 0 Å². The third-order valence-corrected chi connectivity index (χ3v) is 14.4. The molecule has 1 heterocycles. The van der Waals surface area contributed by atoms with Gasteiger partial charge in [-0.05, 0) is 134 Å². The molecule has 14 rings (SSSR count). The van der Waals surface area contributed by atoms with Gasteiger partial charge in [0.05, 0.1) is 0 Å². The van der Waals surface area contributed by atoms with Crippen molar-refractivity contribution in [3.8, 4) is 33.4 Å². The lowest BCUT2D eigenvalue weighted by Crippen LogP contribution is -2.55. The van der Waals surface area contributed by atoms with Crippen molar-refractivity contribution in [3.63, 3.8) is 0 Å². The molecule has 0 aliphatic heterocycles. The summed E-state index contributed by atoms with van der Waals surface area (Å²) in [6.07, 6.45) is 7.05. The third-order valence-electron chi connectivity index (χ3n) is 14.4. The van der Waals surface area contributed by atoms with Crippen molar-refractivity contribution in [3.05, 3.63) is 157 Å². The molecule has 0 amide bonds. The molecule has 1 aromatic heterocycles. The van der Waals surface area contributed by atoms with E-state index in [0.717, 1.165) is 45.8 Å². The molecule has 8 aromatic carbocycles. The van der Waals surface area contributed by atoms with Gasteiger partial charge in [0.1, 0.15) is 11.2 Å². The molecule has 0 radical (unpaired) electrons. The Kier molecular flexibility index (Phi) is 5.59. The average molecular weight is 679 g/mol. The fourth-order valence-electron chi connectivity index (χ4n) is 12.8. The second kappa shape index (κ2) is 10.3. The Balaban J connectivity index is 1.09. The molecule has 4 fully saturated rings. The first-order valence-electron chi connectivity index (χ1n) is 19.8. The number of benzene rings is 8. The van der Waals surface area contributed by atoms with Crippen LogP contribution in [0.25, 0.3) is 87.6 Å². The fraction of sp³-hybridized carbons (Fsp3) is 0.192. The van der Waals surface area contributed by atoms with Crippen LogP contribution in [0.15, 0.2) is 150 Å². The van der Waals surface area contributed by atoms with Crippen LogP contribution in [0.5, 0.6) is 0 Å². The van der Waals surface area contributed by atoms with Gasteiger partial charge < -0.3 is 4.42 Å². The lowest BCUT2D eigenvalue weighted by molar-refractivity contribution is -0.0393. The molecule has 5 aliphatic carbocycles. The summed E-state index contributed by atoms with van der Waals surface area (Å²) in [5.41, 5.74) is 13.3. The van der Waals surface area contributed by atoms with Gasteiger partial charge in [0.2, 0.25) is 0 Å². The quantitative estimate of drug-likeness (QED) is 0.166. The minimum atomic E-state index is 0.122. The molecular weight excluding hydrogens is 641 g/mol. The van der Waals surface area contributed by atoms with Crippen LogP contribution in [-0.2, 0) is 5.41 Å². The summed E-state index contributed by atoms with van der Waals surface area (Å²) < 4.78 is 6.66. The Morgan fingerprint density at radius 1 is 0.434 bits per heavy atom. The number of furan rings is 1. The van der Waals surface area contributed by atoms with Crippen molar-refractivity contribution >= 4 is 54.3 Å². The van der Waals surface area contributed by atoms with Crippen molar-refractivity contribution in [2.75, 3.05) is 0 Å². The van der Waals surface area contributed by atoms with E-state index in [1.165, 1.54) is 97.6 Å². The highest BCUT2D eigenvalue weighted by Gasteiger charge is 2.62. The molecule has 4 bridgehead atoms. The molecule has 9 aromatic rings. The zero-order valence-corrected chi connectivity index (χ0v) is 29.6. The van der Waals surface area contributed by atoms with Gasteiger partial charge in [0.25, 0.3) is 0 Å². The highest BCUT2D eigenvalue weighted by Crippen LogP contribution is 2.70. The van der Waals surface area contributed by atoms with Gasteiger partial charge in [-0.1, -0.05) is 133 Å². The van der Waals surface area contributed by atoms with Gasteiger partial charge in [-0.25, -0.2) is 0 Å². The maximum atomic E-state index is 6.66. The smallest absolute Gasteiger partial charge is 0.143 e. The summed E-state index contributed by atoms with van der Waals surface area (Å²) in [5.74, 6) is 3.31. The number of hydrogen-bond acceptors (Lipinski definition) is 1. The molecule has 0 saturated heterocycles. The highest BCUT2D eigenvalue weighted by molar-refractivity contribution is 6.24. The molecule has 0 unspecified atom stereocenters. The molecule has 5 aliphatic rings. The number of para-hydroxylation sites is 2. The van der Waals surface area contributed by atoms with E-state index in [9.17, 15) is 0 Å². The Labute approximate surface area is 308 Å². The molecule has 4 saturated carbocycles. The normalized spacial score (nSPS) is 23.9. The van der Waals surface area contributed by atoms with Gasteiger partial charge in [-0.3, -0.25) is 0 Å². The summed E-state index contributed by atoms with van der Waals surface area (Å²) in [4.78, 5) is 0. The van der Waals surface area contributed by atoms with Crippen molar-refractivity contribution < 1.29 is 4.42 Å². The predicted octanol–water partition coefficient (Wildman–Crippen LogP) is 14.1. The van der Waals surface area contributed by atoms with Crippen LogP contribution in [0.2, 0.25) is 0 Å². The zero-order chi connectivity index (χ0) is 34.4. The zero-order valence-electron chi connectivity index (χ0n) is 29.6. The minimum absolute atomic E-state index is 0.122. The van der Waals surface area contributed by atoms with E-state index in [2.05, 4.69) is 146 Å². The van der Waals surface area contributed by atoms with E-state index >= 15 is 0 Å². The van der Waals surface area contributed by atoms with E-state index in [1.54, 1.807) is 11.1 Å².